The van der Waals surface area contributed by atoms with E-state index in [1.54, 1.807) is 25.2 Å². The van der Waals surface area contributed by atoms with Crippen LogP contribution in [0.1, 0.15) is 5.56 Å². The lowest BCUT2D eigenvalue weighted by Gasteiger charge is -2.14. The molecule has 1 aromatic rings. The fourth-order valence-corrected chi connectivity index (χ4v) is 1.45. The lowest BCUT2D eigenvalue weighted by molar-refractivity contribution is -0.167. The zero-order chi connectivity index (χ0) is 11.4. The highest BCUT2D eigenvalue weighted by molar-refractivity contribution is 6.42. The molecule has 5 heteroatoms. The smallest absolute Gasteiger partial charge is 0.250 e. The Bertz CT molecular complexity index is 368. The molecule has 0 N–H and O–H groups in total. The molecule has 0 aliphatic heterocycles. The van der Waals surface area contributed by atoms with E-state index < -0.39 is 0 Å². The Morgan fingerprint density at radius 2 is 2.13 bits per heavy atom. The summed E-state index contributed by atoms with van der Waals surface area (Å²) in [6.07, 6.45) is 0.170. The summed E-state index contributed by atoms with van der Waals surface area (Å²) < 4.78 is 0. The number of carbonyl (C=O) groups excluding carboxylic acids is 1. The molecule has 1 aromatic carbocycles. The fraction of sp³-hybridized carbons (Fsp3) is 0.300. The molecule has 1 rings (SSSR count). The second-order valence-electron chi connectivity index (χ2n) is 2.96. The number of likely N-dealkylation sites (N-methyl/N-ethyl adjacent to an activating group) is 1. The van der Waals surface area contributed by atoms with E-state index in [4.69, 9.17) is 28.0 Å². The number of nitrogens with zero attached hydrogens (tertiary/aromatic N) is 1. The van der Waals surface area contributed by atoms with Gasteiger partial charge in [-0.15, -0.1) is 0 Å². The molecule has 0 atom stereocenters. The van der Waals surface area contributed by atoms with Gasteiger partial charge in [-0.25, -0.2) is 5.06 Å². The Balaban J connectivity index is 2.81. The van der Waals surface area contributed by atoms with Gasteiger partial charge >= 0.3 is 0 Å². The van der Waals surface area contributed by atoms with Gasteiger partial charge in [0.25, 0.3) is 0 Å². The number of rotatable bonds is 3. The Hall–Kier alpha value is -0.770. The van der Waals surface area contributed by atoms with Gasteiger partial charge in [0.2, 0.25) is 5.91 Å². The van der Waals surface area contributed by atoms with Gasteiger partial charge in [-0.05, 0) is 11.6 Å². The molecular weight excluding hydrogens is 237 g/mol. The maximum absolute atomic E-state index is 11.5. The lowest BCUT2D eigenvalue weighted by Crippen LogP contribution is -2.27. The van der Waals surface area contributed by atoms with E-state index in [0.29, 0.717) is 15.6 Å². The summed E-state index contributed by atoms with van der Waals surface area (Å²) >= 11 is 11.8. The topological polar surface area (TPSA) is 29.5 Å². The van der Waals surface area contributed by atoms with Gasteiger partial charge in [-0.3, -0.25) is 9.63 Å². The maximum atomic E-state index is 11.5. The molecule has 82 valence electrons. The third-order valence-corrected chi connectivity index (χ3v) is 2.86. The number of carbonyl (C=O) groups is 1. The standard InChI is InChI=1S/C10H11Cl2NO2/c1-13(15-2)9(14)6-7-4-3-5-8(11)10(7)12/h3-5H,6H2,1-2H3. The summed E-state index contributed by atoms with van der Waals surface area (Å²) in [7, 11) is 2.97. The summed E-state index contributed by atoms with van der Waals surface area (Å²) in [6.45, 7) is 0. The van der Waals surface area contributed by atoms with E-state index in [9.17, 15) is 4.79 Å². The monoisotopic (exact) mass is 247 g/mol. The molecule has 0 spiro atoms. The second kappa shape index (κ2) is 5.35. The highest BCUT2D eigenvalue weighted by atomic mass is 35.5. The predicted octanol–water partition coefficient (Wildman–Crippen LogP) is 2.56. The van der Waals surface area contributed by atoms with Gasteiger partial charge in [0.15, 0.2) is 0 Å². The molecule has 0 aromatic heterocycles. The molecule has 0 aliphatic rings. The van der Waals surface area contributed by atoms with Crippen molar-refractivity contribution in [2.24, 2.45) is 0 Å². The summed E-state index contributed by atoms with van der Waals surface area (Å²) in [5, 5.41) is 2.01. The zero-order valence-corrected chi connectivity index (χ0v) is 9.97. The van der Waals surface area contributed by atoms with Crippen molar-refractivity contribution in [1.29, 1.82) is 0 Å². The Morgan fingerprint density at radius 1 is 1.47 bits per heavy atom. The molecule has 0 unspecified atom stereocenters. The highest BCUT2D eigenvalue weighted by Crippen LogP contribution is 2.25. The van der Waals surface area contributed by atoms with Gasteiger partial charge in [-0.2, -0.15) is 0 Å². The molecule has 0 aliphatic carbocycles. The third kappa shape index (κ3) is 3.09. The largest absolute Gasteiger partial charge is 0.275 e. The number of hydroxylamine groups is 2. The number of halogens is 2. The summed E-state index contributed by atoms with van der Waals surface area (Å²) in [4.78, 5) is 16.3. The molecule has 0 radical (unpaired) electrons. The van der Waals surface area contributed by atoms with Crippen LogP contribution < -0.4 is 0 Å². The Kier molecular flexibility index (Phi) is 4.39. The van der Waals surface area contributed by atoms with Crippen molar-refractivity contribution in [2.75, 3.05) is 14.2 Å². The van der Waals surface area contributed by atoms with Crippen molar-refractivity contribution in [3.8, 4) is 0 Å². The van der Waals surface area contributed by atoms with Crippen LogP contribution in [0.15, 0.2) is 18.2 Å². The van der Waals surface area contributed by atoms with Crippen molar-refractivity contribution in [2.45, 2.75) is 6.42 Å². The first-order valence-corrected chi connectivity index (χ1v) is 5.05. The minimum atomic E-state index is -0.179. The number of hydrogen-bond acceptors (Lipinski definition) is 2. The quantitative estimate of drug-likeness (QED) is 0.769. The normalized spacial score (nSPS) is 10.1. The van der Waals surface area contributed by atoms with E-state index >= 15 is 0 Å². The predicted molar refractivity (Wildman–Crippen MR) is 59.9 cm³/mol. The molecule has 0 bridgehead atoms. The van der Waals surface area contributed by atoms with Crippen LogP contribution in [0, 0.1) is 0 Å². The fourth-order valence-electron chi connectivity index (χ4n) is 1.06. The first-order chi connectivity index (χ1) is 7.06. The third-order valence-electron chi connectivity index (χ3n) is 2.00. The van der Waals surface area contributed by atoms with Crippen LogP contribution in [0.4, 0.5) is 0 Å². The van der Waals surface area contributed by atoms with Gasteiger partial charge in [0, 0.05) is 7.05 Å². The van der Waals surface area contributed by atoms with Crippen LogP contribution in [-0.2, 0) is 16.1 Å². The molecule has 0 fully saturated rings. The van der Waals surface area contributed by atoms with E-state index in [1.807, 2.05) is 0 Å². The average molecular weight is 248 g/mol. The van der Waals surface area contributed by atoms with E-state index in [2.05, 4.69) is 0 Å². The van der Waals surface area contributed by atoms with E-state index in [-0.39, 0.29) is 12.3 Å². The lowest BCUT2D eigenvalue weighted by atomic mass is 10.1. The molecule has 3 nitrogen and oxygen atoms in total. The summed E-state index contributed by atoms with van der Waals surface area (Å²) in [6, 6.07) is 5.19. The number of benzene rings is 1. The Morgan fingerprint density at radius 3 is 2.73 bits per heavy atom. The molecule has 1 amide bonds. The van der Waals surface area contributed by atoms with Crippen LogP contribution >= 0.6 is 23.2 Å². The summed E-state index contributed by atoms with van der Waals surface area (Å²) in [5.41, 5.74) is 0.693. The second-order valence-corrected chi connectivity index (χ2v) is 3.75. The molecule has 0 heterocycles. The van der Waals surface area contributed by atoms with E-state index in [1.165, 1.54) is 7.11 Å². The number of hydrogen-bond donors (Lipinski definition) is 0. The first kappa shape index (κ1) is 12.3. The summed E-state index contributed by atoms with van der Waals surface area (Å²) in [5.74, 6) is -0.179. The zero-order valence-electron chi connectivity index (χ0n) is 8.46. The van der Waals surface area contributed by atoms with Crippen molar-refractivity contribution < 1.29 is 9.63 Å². The molecular formula is C10H11Cl2NO2. The van der Waals surface area contributed by atoms with Crippen molar-refractivity contribution in [3.63, 3.8) is 0 Å². The highest BCUT2D eigenvalue weighted by Gasteiger charge is 2.12. The van der Waals surface area contributed by atoms with Crippen LogP contribution in [0.3, 0.4) is 0 Å². The van der Waals surface area contributed by atoms with Crippen LogP contribution in [0.2, 0.25) is 10.0 Å². The van der Waals surface area contributed by atoms with Gasteiger partial charge in [0.1, 0.15) is 0 Å². The molecule has 15 heavy (non-hydrogen) atoms. The van der Waals surface area contributed by atoms with Crippen LogP contribution in [0.5, 0.6) is 0 Å². The van der Waals surface area contributed by atoms with E-state index in [0.717, 1.165) is 5.06 Å². The van der Waals surface area contributed by atoms with Crippen molar-refractivity contribution in [1.82, 2.24) is 5.06 Å². The van der Waals surface area contributed by atoms with Crippen molar-refractivity contribution in [3.05, 3.63) is 33.8 Å². The first-order valence-electron chi connectivity index (χ1n) is 4.29. The van der Waals surface area contributed by atoms with Crippen LogP contribution in [-0.4, -0.2) is 25.1 Å². The number of amides is 1. The minimum Gasteiger partial charge on any atom is -0.275 e. The molecule has 0 saturated heterocycles. The van der Waals surface area contributed by atoms with Gasteiger partial charge in [0.05, 0.1) is 23.6 Å². The Labute approximate surface area is 98.5 Å². The average Bonchev–Trinajstić information content (AvgIpc) is 2.23. The van der Waals surface area contributed by atoms with Crippen molar-refractivity contribution >= 4 is 29.1 Å². The van der Waals surface area contributed by atoms with Gasteiger partial charge < -0.3 is 0 Å². The minimum absolute atomic E-state index is 0.170. The maximum Gasteiger partial charge on any atom is 0.250 e. The van der Waals surface area contributed by atoms with Gasteiger partial charge in [-0.1, -0.05) is 35.3 Å². The SMILES string of the molecule is CON(C)C(=O)Cc1cccc(Cl)c1Cl. The molecule has 0 saturated carbocycles. The van der Waals surface area contributed by atoms with Crippen LogP contribution in [0.25, 0.3) is 0 Å².